The molecule has 1 amide bonds. The summed E-state index contributed by atoms with van der Waals surface area (Å²) in [6.07, 6.45) is 0. The first-order valence-electron chi connectivity index (χ1n) is 5.50. The van der Waals surface area contributed by atoms with Crippen LogP contribution in [0.3, 0.4) is 0 Å². The molecule has 21 heavy (non-hydrogen) atoms. The van der Waals surface area contributed by atoms with E-state index in [4.69, 9.17) is 28.9 Å². The van der Waals surface area contributed by atoms with E-state index >= 15 is 0 Å². The molecule has 0 unspecified atom stereocenters. The minimum Gasteiger partial charge on any atom is -0.396 e. The van der Waals surface area contributed by atoms with Crippen LogP contribution >= 0.6 is 39.1 Å². The molecule has 0 bridgehead atoms. The molecule has 3 nitrogen and oxygen atoms in total. The van der Waals surface area contributed by atoms with E-state index < -0.39 is 23.1 Å². The van der Waals surface area contributed by atoms with Crippen LogP contribution in [0.4, 0.5) is 20.2 Å². The number of rotatable bonds is 2. The van der Waals surface area contributed by atoms with Crippen LogP contribution in [0, 0.1) is 11.6 Å². The molecule has 0 aliphatic heterocycles. The van der Waals surface area contributed by atoms with Crippen LogP contribution in [0.5, 0.6) is 0 Å². The van der Waals surface area contributed by atoms with E-state index in [1.165, 1.54) is 12.1 Å². The van der Waals surface area contributed by atoms with Crippen molar-refractivity contribution in [2.45, 2.75) is 0 Å². The molecule has 0 saturated heterocycles. The number of nitrogens with one attached hydrogen (secondary N) is 1. The van der Waals surface area contributed by atoms with Crippen molar-refractivity contribution in [1.82, 2.24) is 0 Å². The lowest BCUT2D eigenvalue weighted by molar-refractivity contribution is 0.102. The zero-order valence-corrected chi connectivity index (χ0v) is 13.3. The lowest BCUT2D eigenvalue weighted by Gasteiger charge is -2.11. The lowest BCUT2D eigenvalue weighted by Crippen LogP contribution is -2.15. The molecule has 0 aliphatic rings. The third-order valence-electron chi connectivity index (χ3n) is 2.58. The van der Waals surface area contributed by atoms with E-state index in [2.05, 4.69) is 21.2 Å². The van der Waals surface area contributed by atoms with Crippen LogP contribution in [0.1, 0.15) is 10.4 Å². The van der Waals surface area contributed by atoms with Gasteiger partial charge in [0.2, 0.25) is 0 Å². The Bertz CT molecular complexity index is 717. The Kier molecular flexibility index (Phi) is 4.70. The normalized spacial score (nSPS) is 10.5. The summed E-state index contributed by atoms with van der Waals surface area (Å²) in [4.78, 5) is 12.0. The third kappa shape index (κ3) is 3.45. The van der Waals surface area contributed by atoms with Crippen molar-refractivity contribution in [2.24, 2.45) is 0 Å². The van der Waals surface area contributed by atoms with Gasteiger partial charge in [-0.1, -0.05) is 39.1 Å². The van der Waals surface area contributed by atoms with E-state index in [0.29, 0.717) is 10.5 Å². The number of amides is 1. The molecule has 0 atom stereocenters. The van der Waals surface area contributed by atoms with Crippen molar-refractivity contribution in [3.05, 3.63) is 56.0 Å². The van der Waals surface area contributed by atoms with Crippen molar-refractivity contribution in [3.63, 3.8) is 0 Å². The minimum atomic E-state index is -1.04. The van der Waals surface area contributed by atoms with Crippen molar-refractivity contribution in [1.29, 1.82) is 0 Å². The van der Waals surface area contributed by atoms with Crippen molar-refractivity contribution in [2.75, 3.05) is 11.1 Å². The quantitative estimate of drug-likeness (QED) is 0.712. The Labute approximate surface area is 137 Å². The molecule has 3 N–H and O–H groups in total. The maximum Gasteiger partial charge on any atom is 0.258 e. The molecule has 0 aromatic heterocycles. The fourth-order valence-electron chi connectivity index (χ4n) is 1.58. The monoisotopic (exact) mass is 394 g/mol. The van der Waals surface area contributed by atoms with Gasteiger partial charge in [0.25, 0.3) is 5.91 Å². The smallest absolute Gasteiger partial charge is 0.258 e. The molecule has 0 spiro atoms. The van der Waals surface area contributed by atoms with Gasteiger partial charge in [-0.15, -0.1) is 0 Å². The van der Waals surface area contributed by atoms with Gasteiger partial charge in [-0.3, -0.25) is 4.79 Å². The Morgan fingerprint density at radius 3 is 2.24 bits per heavy atom. The number of halogens is 5. The number of carbonyl (C=O) groups excluding carboxylic acids is 1. The van der Waals surface area contributed by atoms with Gasteiger partial charge in [-0.2, -0.15) is 0 Å². The van der Waals surface area contributed by atoms with Crippen LogP contribution in [0.25, 0.3) is 0 Å². The average Bonchev–Trinajstić information content (AvgIpc) is 2.37. The zero-order chi connectivity index (χ0) is 15.7. The first-order chi connectivity index (χ1) is 9.79. The van der Waals surface area contributed by atoms with Crippen LogP contribution in [-0.2, 0) is 0 Å². The largest absolute Gasteiger partial charge is 0.396 e. The molecule has 0 fully saturated rings. The van der Waals surface area contributed by atoms with Crippen molar-refractivity contribution in [3.8, 4) is 0 Å². The van der Waals surface area contributed by atoms with E-state index in [1.807, 2.05) is 0 Å². The summed E-state index contributed by atoms with van der Waals surface area (Å²) in [7, 11) is 0. The predicted octanol–water partition coefficient (Wildman–Crippen LogP) is 4.87. The van der Waals surface area contributed by atoms with E-state index in [1.54, 1.807) is 0 Å². The summed E-state index contributed by atoms with van der Waals surface area (Å²) >= 11 is 15.1. The molecule has 2 rings (SSSR count). The standard InChI is InChI=1S/C13H7BrCl2F2N2O/c14-5-1-7(15)12(8(16)2-5)20-13(21)6-3-11(19)10(18)4-9(6)17/h1-4H,19H2,(H,20,21). The third-order valence-corrected chi connectivity index (χ3v) is 3.63. The number of nitrogen functional groups attached to an aromatic ring is 1. The van der Waals surface area contributed by atoms with Gasteiger partial charge >= 0.3 is 0 Å². The summed E-state index contributed by atoms with van der Waals surface area (Å²) in [5.74, 6) is -2.82. The maximum atomic E-state index is 13.6. The van der Waals surface area contributed by atoms with Crippen LogP contribution in [-0.4, -0.2) is 5.91 Å². The van der Waals surface area contributed by atoms with Crippen LogP contribution < -0.4 is 11.1 Å². The first-order valence-corrected chi connectivity index (χ1v) is 7.05. The fourth-order valence-corrected chi connectivity index (χ4v) is 2.89. The van der Waals surface area contributed by atoms with Gasteiger partial charge in [-0.25, -0.2) is 8.78 Å². The summed E-state index contributed by atoms with van der Waals surface area (Å²) in [5.41, 5.74) is 4.69. The Morgan fingerprint density at radius 2 is 1.67 bits per heavy atom. The number of nitrogens with two attached hydrogens (primary N) is 1. The number of benzene rings is 2. The molecular weight excluding hydrogens is 389 g/mol. The summed E-state index contributed by atoms with van der Waals surface area (Å²) in [5, 5.41) is 2.70. The number of carbonyl (C=O) groups is 1. The molecule has 0 saturated carbocycles. The predicted molar refractivity (Wildman–Crippen MR) is 82.9 cm³/mol. The lowest BCUT2D eigenvalue weighted by atomic mass is 10.1. The van der Waals surface area contributed by atoms with E-state index in [9.17, 15) is 13.6 Å². The fraction of sp³-hybridized carbons (Fsp3) is 0. The highest BCUT2D eigenvalue weighted by Crippen LogP contribution is 2.34. The Balaban J connectivity index is 2.37. The highest BCUT2D eigenvalue weighted by atomic mass is 79.9. The molecule has 0 aliphatic carbocycles. The number of hydrogen-bond acceptors (Lipinski definition) is 2. The van der Waals surface area contributed by atoms with Gasteiger partial charge in [0, 0.05) is 10.5 Å². The molecule has 110 valence electrons. The van der Waals surface area contributed by atoms with E-state index in [0.717, 1.165) is 6.07 Å². The zero-order valence-electron chi connectivity index (χ0n) is 10.2. The number of hydrogen-bond donors (Lipinski definition) is 2. The highest BCUT2D eigenvalue weighted by Gasteiger charge is 2.18. The van der Waals surface area contributed by atoms with E-state index in [-0.39, 0.29) is 21.4 Å². The molecule has 0 heterocycles. The summed E-state index contributed by atoms with van der Waals surface area (Å²) in [6.45, 7) is 0. The second kappa shape index (κ2) is 6.17. The second-order valence-corrected chi connectivity index (χ2v) is 5.78. The maximum absolute atomic E-state index is 13.6. The van der Waals surface area contributed by atoms with Crippen LogP contribution in [0.15, 0.2) is 28.7 Å². The number of anilines is 2. The van der Waals surface area contributed by atoms with Gasteiger partial charge in [0.15, 0.2) is 0 Å². The minimum absolute atomic E-state index is 0.119. The molecular formula is C13H7BrCl2F2N2O. The molecule has 0 radical (unpaired) electrons. The molecule has 2 aromatic carbocycles. The van der Waals surface area contributed by atoms with Gasteiger partial charge in [-0.05, 0) is 18.2 Å². The summed E-state index contributed by atoms with van der Waals surface area (Å²) < 4.78 is 27.3. The van der Waals surface area contributed by atoms with Gasteiger partial charge < -0.3 is 11.1 Å². The highest BCUT2D eigenvalue weighted by molar-refractivity contribution is 9.10. The SMILES string of the molecule is Nc1cc(C(=O)Nc2c(Cl)cc(Br)cc2Cl)c(F)cc1F. The topological polar surface area (TPSA) is 55.1 Å². The average molecular weight is 396 g/mol. The van der Waals surface area contributed by atoms with Gasteiger partial charge in [0.1, 0.15) is 11.6 Å². The van der Waals surface area contributed by atoms with Gasteiger partial charge in [0.05, 0.1) is 27.0 Å². The molecule has 2 aromatic rings. The first kappa shape index (κ1) is 16.0. The second-order valence-electron chi connectivity index (χ2n) is 4.05. The molecule has 8 heteroatoms. The Morgan fingerprint density at radius 1 is 1.10 bits per heavy atom. The summed E-state index contributed by atoms with van der Waals surface area (Å²) in [6, 6.07) is 4.46. The van der Waals surface area contributed by atoms with Crippen molar-refractivity contribution >= 4 is 56.4 Å². The van der Waals surface area contributed by atoms with Crippen molar-refractivity contribution < 1.29 is 13.6 Å². The Hall–Kier alpha value is -1.37. The van der Waals surface area contributed by atoms with Crippen LogP contribution in [0.2, 0.25) is 10.0 Å².